The van der Waals surface area contributed by atoms with Crippen LogP contribution in [0.3, 0.4) is 0 Å². The molecule has 1 aromatic rings. The van der Waals surface area contributed by atoms with Crippen molar-refractivity contribution in [3.8, 4) is 0 Å². The van der Waals surface area contributed by atoms with Crippen LogP contribution in [0.25, 0.3) is 0 Å². The van der Waals surface area contributed by atoms with E-state index in [1.807, 2.05) is 25.1 Å². The molecule has 1 fully saturated rings. The topological polar surface area (TPSA) is 79.2 Å². The molecule has 2 rings (SSSR count). The van der Waals surface area contributed by atoms with Gasteiger partial charge in [0.05, 0.1) is 18.1 Å². The van der Waals surface area contributed by atoms with E-state index in [2.05, 4.69) is 16.2 Å². The van der Waals surface area contributed by atoms with Gasteiger partial charge in [0.25, 0.3) is 0 Å². The second-order valence-corrected chi connectivity index (χ2v) is 4.88. The molecule has 0 bridgehead atoms. The summed E-state index contributed by atoms with van der Waals surface area (Å²) in [5, 5.41) is 3.60. The molecule has 3 unspecified atom stereocenters. The van der Waals surface area contributed by atoms with Crippen molar-refractivity contribution in [2.75, 3.05) is 6.54 Å². The van der Waals surface area contributed by atoms with Crippen molar-refractivity contribution < 1.29 is 4.79 Å². The van der Waals surface area contributed by atoms with Gasteiger partial charge in [-0.1, -0.05) is 23.7 Å². The van der Waals surface area contributed by atoms with Gasteiger partial charge in [0.15, 0.2) is 0 Å². The van der Waals surface area contributed by atoms with Crippen molar-refractivity contribution in [1.82, 2.24) is 16.2 Å². The van der Waals surface area contributed by atoms with Crippen LogP contribution in [0.2, 0.25) is 5.02 Å². The average Bonchev–Trinajstić information content (AvgIpc) is 2.75. The zero-order valence-corrected chi connectivity index (χ0v) is 10.9. The van der Waals surface area contributed by atoms with E-state index in [-0.39, 0.29) is 24.0 Å². The number of halogens is 1. The Morgan fingerprint density at radius 3 is 3.00 bits per heavy atom. The fourth-order valence-electron chi connectivity index (χ4n) is 1.95. The first kappa shape index (κ1) is 13.3. The predicted molar refractivity (Wildman–Crippen MR) is 70.6 cm³/mol. The number of hydrogen-bond acceptors (Lipinski definition) is 4. The molecule has 0 aromatic heterocycles. The first-order valence-corrected chi connectivity index (χ1v) is 6.25. The van der Waals surface area contributed by atoms with Crippen LogP contribution in [0.15, 0.2) is 24.3 Å². The van der Waals surface area contributed by atoms with Gasteiger partial charge >= 0.3 is 0 Å². The lowest BCUT2D eigenvalue weighted by Gasteiger charge is -2.19. The van der Waals surface area contributed by atoms with Crippen molar-refractivity contribution in [3.05, 3.63) is 34.9 Å². The summed E-state index contributed by atoms with van der Waals surface area (Å²) < 4.78 is 0. The molecule has 0 radical (unpaired) electrons. The van der Waals surface area contributed by atoms with E-state index in [1.165, 1.54) is 0 Å². The Labute approximate surface area is 111 Å². The average molecular weight is 269 g/mol. The molecule has 5 nitrogen and oxygen atoms in total. The van der Waals surface area contributed by atoms with E-state index >= 15 is 0 Å². The molecule has 18 heavy (non-hydrogen) atoms. The highest BCUT2D eigenvalue weighted by Crippen LogP contribution is 2.18. The monoisotopic (exact) mass is 268 g/mol. The third-order valence-electron chi connectivity index (χ3n) is 3.07. The Bertz CT molecular complexity index is 440. The number of hydrazine groups is 1. The Hall–Kier alpha value is -1.14. The molecule has 6 heteroatoms. The summed E-state index contributed by atoms with van der Waals surface area (Å²) >= 11 is 5.92. The van der Waals surface area contributed by atoms with Gasteiger partial charge in [-0.3, -0.25) is 10.2 Å². The van der Waals surface area contributed by atoms with Crippen molar-refractivity contribution in [1.29, 1.82) is 0 Å². The summed E-state index contributed by atoms with van der Waals surface area (Å²) in [4.78, 5) is 12.0. The molecule has 1 aliphatic heterocycles. The molecule has 1 aromatic carbocycles. The number of amides is 1. The Kier molecular flexibility index (Phi) is 4.19. The third kappa shape index (κ3) is 3.00. The van der Waals surface area contributed by atoms with E-state index in [9.17, 15) is 4.79 Å². The maximum absolute atomic E-state index is 12.0. The third-order valence-corrected chi connectivity index (χ3v) is 3.30. The van der Waals surface area contributed by atoms with E-state index < -0.39 is 0 Å². The van der Waals surface area contributed by atoms with Crippen molar-refractivity contribution >= 4 is 17.5 Å². The summed E-state index contributed by atoms with van der Waals surface area (Å²) in [5.41, 5.74) is 12.4. The number of benzene rings is 1. The predicted octanol–water partition coefficient (Wildman–Crippen LogP) is 0.526. The number of nitrogens with two attached hydrogens (primary N) is 1. The minimum Gasteiger partial charge on any atom is -0.349 e. The Morgan fingerprint density at radius 2 is 2.39 bits per heavy atom. The summed E-state index contributed by atoms with van der Waals surface area (Å²) in [6, 6.07) is 7.36. The molecule has 98 valence electrons. The first-order valence-electron chi connectivity index (χ1n) is 5.87. The quantitative estimate of drug-likeness (QED) is 0.645. The van der Waals surface area contributed by atoms with Crippen LogP contribution < -0.4 is 21.9 Å². The van der Waals surface area contributed by atoms with Crippen LogP contribution >= 0.6 is 11.6 Å². The number of carbonyl (C=O) groups is 1. The standard InChI is InChI=1S/C12H17ClN4O/c1-7(8-3-2-4-9(13)5-8)16-12(18)10-6-15-17-11(10)14/h2-5,7,10-11,15,17H,6,14H2,1H3,(H,16,18). The molecule has 1 saturated heterocycles. The summed E-state index contributed by atoms with van der Waals surface area (Å²) in [6.07, 6.45) is -0.350. The zero-order valence-electron chi connectivity index (χ0n) is 10.1. The highest BCUT2D eigenvalue weighted by molar-refractivity contribution is 6.30. The Morgan fingerprint density at radius 1 is 1.61 bits per heavy atom. The summed E-state index contributed by atoms with van der Waals surface area (Å²) in [5.74, 6) is -0.320. The molecule has 1 amide bonds. The smallest absolute Gasteiger partial charge is 0.227 e. The van der Waals surface area contributed by atoms with Crippen LogP contribution in [0, 0.1) is 5.92 Å². The largest absolute Gasteiger partial charge is 0.349 e. The van der Waals surface area contributed by atoms with Crippen LogP contribution in [0.1, 0.15) is 18.5 Å². The second kappa shape index (κ2) is 5.67. The molecule has 3 atom stereocenters. The van der Waals surface area contributed by atoms with Crippen molar-refractivity contribution in [2.24, 2.45) is 11.7 Å². The molecule has 0 saturated carbocycles. The second-order valence-electron chi connectivity index (χ2n) is 4.44. The molecule has 0 aliphatic carbocycles. The van der Waals surface area contributed by atoms with Crippen LogP contribution in [-0.2, 0) is 4.79 Å². The fraction of sp³-hybridized carbons (Fsp3) is 0.417. The highest BCUT2D eigenvalue weighted by atomic mass is 35.5. The normalized spacial score (nSPS) is 24.8. The van der Waals surface area contributed by atoms with Gasteiger partial charge in [0.2, 0.25) is 5.91 Å². The minimum atomic E-state index is -0.350. The van der Waals surface area contributed by atoms with Gasteiger partial charge in [-0.05, 0) is 24.6 Å². The highest BCUT2D eigenvalue weighted by Gasteiger charge is 2.30. The molecule has 1 aliphatic rings. The maximum atomic E-state index is 12.0. The summed E-state index contributed by atoms with van der Waals surface area (Å²) in [6.45, 7) is 2.46. The molecule has 0 spiro atoms. The van der Waals surface area contributed by atoms with Gasteiger partial charge in [-0.15, -0.1) is 0 Å². The van der Waals surface area contributed by atoms with Crippen LogP contribution in [0.5, 0.6) is 0 Å². The number of carbonyl (C=O) groups excluding carboxylic acids is 1. The van der Waals surface area contributed by atoms with E-state index in [1.54, 1.807) is 6.07 Å². The van der Waals surface area contributed by atoms with Crippen LogP contribution in [-0.4, -0.2) is 18.6 Å². The lowest BCUT2D eigenvalue weighted by Crippen LogP contribution is -2.45. The van der Waals surface area contributed by atoms with E-state index in [4.69, 9.17) is 17.3 Å². The van der Waals surface area contributed by atoms with Gasteiger partial charge in [0.1, 0.15) is 0 Å². The minimum absolute atomic E-state index is 0.0625. The number of rotatable bonds is 3. The van der Waals surface area contributed by atoms with Gasteiger partial charge in [0, 0.05) is 11.6 Å². The lowest BCUT2D eigenvalue weighted by molar-refractivity contribution is -0.125. The maximum Gasteiger partial charge on any atom is 0.227 e. The van der Waals surface area contributed by atoms with Crippen LogP contribution in [0.4, 0.5) is 0 Å². The zero-order chi connectivity index (χ0) is 13.1. The van der Waals surface area contributed by atoms with Crippen molar-refractivity contribution in [3.63, 3.8) is 0 Å². The van der Waals surface area contributed by atoms with Gasteiger partial charge in [-0.2, -0.15) is 0 Å². The van der Waals surface area contributed by atoms with E-state index in [0.29, 0.717) is 11.6 Å². The molecule has 5 N–H and O–H groups in total. The molecular formula is C12H17ClN4O. The fourth-order valence-corrected chi connectivity index (χ4v) is 2.15. The van der Waals surface area contributed by atoms with Crippen molar-refractivity contribution in [2.45, 2.75) is 19.1 Å². The summed E-state index contributed by atoms with van der Waals surface area (Å²) in [7, 11) is 0. The Balaban J connectivity index is 1.98. The lowest BCUT2D eigenvalue weighted by atomic mass is 10.0. The van der Waals surface area contributed by atoms with Gasteiger partial charge in [-0.25, -0.2) is 5.43 Å². The first-order chi connectivity index (χ1) is 8.58. The SMILES string of the molecule is CC(NC(=O)C1CNNC1N)c1cccc(Cl)c1. The van der Waals surface area contributed by atoms with E-state index in [0.717, 1.165) is 5.56 Å². The molecular weight excluding hydrogens is 252 g/mol. The van der Waals surface area contributed by atoms with Gasteiger partial charge < -0.3 is 11.1 Å². The number of hydrogen-bond donors (Lipinski definition) is 4. The molecule has 1 heterocycles. The number of nitrogens with one attached hydrogen (secondary N) is 3.